The molecule has 1 heteroatoms. The molecule has 0 saturated carbocycles. The van der Waals surface area contributed by atoms with E-state index in [1.165, 1.54) is 6.07 Å². The molecule has 60 valence electrons. The van der Waals surface area contributed by atoms with Crippen LogP contribution in [0.4, 0.5) is 4.39 Å². The summed E-state index contributed by atoms with van der Waals surface area (Å²) in [6.45, 7) is 3.59. The first-order chi connectivity index (χ1) is 5.77. The Labute approximate surface area is 71.7 Å². The van der Waals surface area contributed by atoms with Crippen LogP contribution in [0.15, 0.2) is 30.9 Å². The van der Waals surface area contributed by atoms with Gasteiger partial charge in [-0.15, -0.1) is 13.0 Å². The second kappa shape index (κ2) is 3.73. The highest BCUT2D eigenvalue weighted by atomic mass is 19.1. The first-order valence-corrected chi connectivity index (χ1v) is 3.64. The van der Waals surface area contributed by atoms with E-state index in [0.29, 0.717) is 5.56 Å². The van der Waals surface area contributed by atoms with Crippen molar-refractivity contribution in [2.45, 2.75) is 6.42 Å². The predicted octanol–water partition coefficient (Wildman–Crippen LogP) is 2.54. The smallest absolute Gasteiger partial charge is 0.138 e. The van der Waals surface area contributed by atoms with Crippen molar-refractivity contribution in [3.8, 4) is 12.3 Å². The summed E-state index contributed by atoms with van der Waals surface area (Å²) in [5.41, 5.74) is 1.30. The van der Waals surface area contributed by atoms with Crippen LogP contribution in [0.3, 0.4) is 0 Å². The van der Waals surface area contributed by atoms with E-state index in [4.69, 9.17) is 6.42 Å². The molecule has 1 rings (SSSR count). The lowest BCUT2D eigenvalue weighted by atomic mass is 10.1. The third kappa shape index (κ3) is 1.73. The number of allylic oxidation sites excluding steroid dienone is 1. The van der Waals surface area contributed by atoms with Crippen molar-refractivity contribution in [3.05, 3.63) is 47.8 Å². The Kier molecular flexibility index (Phi) is 2.66. The summed E-state index contributed by atoms with van der Waals surface area (Å²) in [6, 6.07) is 4.75. The molecule has 12 heavy (non-hydrogen) atoms. The quantitative estimate of drug-likeness (QED) is 0.460. The third-order valence-corrected chi connectivity index (χ3v) is 1.57. The van der Waals surface area contributed by atoms with E-state index in [0.717, 1.165) is 12.0 Å². The molecular weight excluding hydrogens is 151 g/mol. The Balaban J connectivity index is 3.07. The predicted molar refractivity (Wildman–Crippen MR) is 48.2 cm³/mol. The zero-order valence-electron chi connectivity index (χ0n) is 6.68. The van der Waals surface area contributed by atoms with Crippen LogP contribution < -0.4 is 0 Å². The van der Waals surface area contributed by atoms with Gasteiger partial charge < -0.3 is 0 Å². The lowest BCUT2D eigenvalue weighted by molar-refractivity contribution is 0.624. The Bertz CT molecular complexity index is 331. The van der Waals surface area contributed by atoms with Crippen LogP contribution in [0.25, 0.3) is 0 Å². The van der Waals surface area contributed by atoms with Gasteiger partial charge in [0.2, 0.25) is 0 Å². The van der Waals surface area contributed by atoms with E-state index in [2.05, 4.69) is 12.5 Å². The van der Waals surface area contributed by atoms with Crippen molar-refractivity contribution in [2.24, 2.45) is 0 Å². The molecule has 0 heterocycles. The van der Waals surface area contributed by atoms with Crippen molar-refractivity contribution >= 4 is 0 Å². The molecule has 0 amide bonds. The van der Waals surface area contributed by atoms with E-state index in [9.17, 15) is 4.39 Å². The summed E-state index contributed by atoms with van der Waals surface area (Å²) in [5, 5.41) is 0. The van der Waals surface area contributed by atoms with Crippen LogP contribution in [0, 0.1) is 18.2 Å². The Hall–Kier alpha value is -1.55. The van der Waals surface area contributed by atoms with E-state index in [1.54, 1.807) is 18.2 Å². The van der Waals surface area contributed by atoms with Gasteiger partial charge in [-0.05, 0) is 24.1 Å². The maximum Gasteiger partial charge on any atom is 0.138 e. The molecule has 1 aromatic carbocycles. The molecule has 0 saturated heterocycles. The van der Waals surface area contributed by atoms with Gasteiger partial charge in [0.05, 0.1) is 5.56 Å². The lowest BCUT2D eigenvalue weighted by Crippen LogP contribution is -1.87. The van der Waals surface area contributed by atoms with Gasteiger partial charge >= 0.3 is 0 Å². The van der Waals surface area contributed by atoms with Gasteiger partial charge in [0.1, 0.15) is 5.82 Å². The van der Waals surface area contributed by atoms with E-state index in [-0.39, 0.29) is 5.82 Å². The van der Waals surface area contributed by atoms with Crippen LogP contribution in [-0.4, -0.2) is 0 Å². The molecule has 0 spiro atoms. The van der Waals surface area contributed by atoms with Crippen LogP contribution >= 0.6 is 0 Å². The minimum absolute atomic E-state index is 0.314. The van der Waals surface area contributed by atoms with Gasteiger partial charge in [-0.1, -0.05) is 18.1 Å². The number of hydrogen-bond donors (Lipinski definition) is 0. The summed E-state index contributed by atoms with van der Waals surface area (Å²) in [4.78, 5) is 0. The standard InChI is InChI=1S/C11H9F/c1-3-5-9-6-7-11(12)10(4-2)8-9/h2-3,6-8H,1,5H2. The van der Waals surface area contributed by atoms with E-state index in [1.807, 2.05) is 0 Å². The highest BCUT2D eigenvalue weighted by Gasteiger charge is 1.98. The largest absolute Gasteiger partial charge is 0.206 e. The monoisotopic (exact) mass is 160 g/mol. The van der Waals surface area contributed by atoms with Gasteiger partial charge in [0.25, 0.3) is 0 Å². The highest BCUT2D eigenvalue weighted by molar-refractivity contribution is 5.37. The van der Waals surface area contributed by atoms with Crippen molar-refractivity contribution in [1.82, 2.24) is 0 Å². The average molecular weight is 160 g/mol. The average Bonchev–Trinajstić information content (AvgIpc) is 2.09. The van der Waals surface area contributed by atoms with Crippen LogP contribution in [0.5, 0.6) is 0 Å². The summed E-state index contributed by atoms with van der Waals surface area (Å²) >= 11 is 0. The fourth-order valence-corrected chi connectivity index (χ4v) is 0.977. The number of terminal acetylenes is 1. The SMILES string of the molecule is C#Cc1cc(CC=C)ccc1F. The van der Waals surface area contributed by atoms with Gasteiger partial charge in [-0.2, -0.15) is 0 Å². The lowest BCUT2D eigenvalue weighted by Gasteiger charge is -1.98. The van der Waals surface area contributed by atoms with Crippen molar-refractivity contribution in [2.75, 3.05) is 0 Å². The van der Waals surface area contributed by atoms with Crippen molar-refractivity contribution in [3.63, 3.8) is 0 Å². The maximum absolute atomic E-state index is 12.8. The molecule has 0 aliphatic heterocycles. The summed E-state index contributed by atoms with van der Waals surface area (Å²) in [6.07, 6.45) is 7.57. The van der Waals surface area contributed by atoms with Crippen LogP contribution in [-0.2, 0) is 6.42 Å². The molecule has 0 radical (unpaired) electrons. The molecule has 0 aromatic heterocycles. The molecular formula is C11H9F. The molecule has 0 bridgehead atoms. The zero-order chi connectivity index (χ0) is 8.97. The van der Waals surface area contributed by atoms with Gasteiger partial charge in [-0.3, -0.25) is 0 Å². The number of halogens is 1. The molecule has 0 atom stereocenters. The Morgan fingerprint density at radius 1 is 1.58 bits per heavy atom. The van der Waals surface area contributed by atoms with Gasteiger partial charge in [0.15, 0.2) is 0 Å². The molecule has 1 aromatic rings. The van der Waals surface area contributed by atoms with Crippen molar-refractivity contribution in [1.29, 1.82) is 0 Å². The minimum Gasteiger partial charge on any atom is -0.206 e. The Morgan fingerprint density at radius 2 is 2.33 bits per heavy atom. The fraction of sp³-hybridized carbons (Fsp3) is 0.0909. The van der Waals surface area contributed by atoms with Crippen molar-refractivity contribution < 1.29 is 4.39 Å². The van der Waals surface area contributed by atoms with E-state index >= 15 is 0 Å². The second-order valence-electron chi connectivity index (χ2n) is 2.45. The summed E-state index contributed by atoms with van der Waals surface area (Å²) in [7, 11) is 0. The third-order valence-electron chi connectivity index (χ3n) is 1.57. The first-order valence-electron chi connectivity index (χ1n) is 3.64. The molecule has 0 aliphatic carbocycles. The summed E-state index contributed by atoms with van der Waals surface area (Å²) in [5.74, 6) is 1.94. The number of rotatable bonds is 2. The molecule has 0 unspecified atom stereocenters. The Morgan fingerprint density at radius 3 is 2.92 bits per heavy atom. The molecule has 0 aliphatic rings. The summed E-state index contributed by atoms with van der Waals surface area (Å²) < 4.78 is 12.8. The molecule has 0 N–H and O–H groups in total. The second-order valence-corrected chi connectivity index (χ2v) is 2.45. The number of benzene rings is 1. The van der Waals surface area contributed by atoms with Gasteiger partial charge in [0, 0.05) is 0 Å². The minimum atomic E-state index is -0.342. The fourth-order valence-electron chi connectivity index (χ4n) is 0.977. The topological polar surface area (TPSA) is 0 Å². The van der Waals surface area contributed by atoms with Gasteiger partial charge in [-0.25, -0.2) is 4.39 Å². The van der Waals surface area contributed by atoms with Crippen LogP contribution in [0.1, 0.15) is 11.1 Å². The van der Waals surface area contributed by atoms with Crippen LogP contribution in [0.2, 0.25) is 0 Å². The number of hydrogen-bond acceptors (Lipinski definition) is 0. The first kappa shape index (κ1) is 8.55. The molecule has 0 nitrogen and oxygen atoms in total. The maximum atomic E-state index is 12.8. The normalized spacial score (nSPS) is 9.00. The zero-order valence-corrected chi connectivity index (χ0v) is 6.68. The highest BCUT2D eigenvalue weighted by Crippen LogP contribution is 2.09. The molecule has 0 fully saturated rings. The van der Waals surface area contributed by atoms with E-state index < -0.39 is 0 Å².